The molecule has 0 saturated carbocycles. The zero-order valence-corrected chi connectivity index (χ0v) is 24.6. The van der Waals surface area contributed by atoms with E-state index in [1.54, 1.807) is 0 Å². The number of carbonyl (C=O) groups is 1. The number of esters is 1. The Labute approximate surface area is 221 Å². The zero-order valence-electron chi connectivity index (χ0n) is 24.6. The summed E-state index contributed by atoms with van der Waals surface area (Å²) in [7, 11) is 0. The molecule has 1 atom stereocenters. The summed E-state index contributed by atoms with van der Waals surface area (Å²) in [6, 6.07) is 0. The molecule has 0 rings (SSSR count). The van der Waals surface area contributed by atoms with Crippen molar-refractivity contribution >= 4 is 5.97 Å². The van der Waals surface area contributed by atoms with Crippen LogP contribution in [0, 0.1) is 11.8 Å². The van der Waals surface area contributed by atoms with Gasteiger partial charge in [-0.3, -0.25) is 4.79 Å². The van der Waals surface area contributed by atoms with Crippen LogP contribution in [0.3, 0.4) is 0 Å². The molecule has 0 fully saturated rings. The fourth-order valence-electron chi connectivity index (χ4n) is 4.88. The van der Waals surface area contributed by atoms with E-state index in [4.69, 9.17) is 4.74 Å². The topological polar surface area (TPSA) is 26.3 Å². The van der Waals surface area contributed by atoms with Gasteiger partial charge >= 0.3 is 5.97 Å². The van der Waals surface area contributed by atoms with Crippen LogP contribution in [0.5, 0.6) is 0 Å². The van der Waals surface area contributed by atoms with Crippen molar-refractivity contribution in [3.8, 4) is 0 Å². The quantitative estimate of drug-likeness (QED) is 0.0647. The molecule has 2 heteroatoms. The van der Waals surface area contributed by atoms with Crippen LogP contribution in [0.4, 0.5) is 0 Å². The molecule has 0 amide bonds. The predicted molar refractivity (Wildman–Crippen MR) is 156 cm³/mol. The Morgan fingerprint density at radius 2 is 0.914 bits per heavy atom. The predicted octanol–water partition coefficient (Wildman–Crippen LogP) is 11.4. The first kappa shape index (κ1) is 34.2. The van der Waals surface area contributed by atoms with Crippen molar-refractivity contribution in [2.45, 2.75) is 181 Å². The number of carbonyl (C=O) groups excluding carboxylic acids is 1. The number of hydrogen-bond acceptors (Lipinski definition) is 2. The number of unbranched alkanes of at least 4 members (excludes halogenated alkanes) is 16. The molecule has 0 aliphatic carbocycles. The van der Waals surface area contributed by atoms with Crippen molar-refractivity contribution in [2.75, 3.05) is 0 Å². The third kappa shape index (κ3) is 27.6. The van der Waals surface area contributed by atoms with Crippen molar-refractivity contribution in [3.63, 3.8) is 0 Å². The summed E-state index contributed by atoms with van der Waals surface area (Å²) in [5, 5.41) is 0. The Morgan fingerprint density at radius 1 is 0.571 bits per heavy atom. The average Bonchev–Trinajstić information content (AvgIpc) is 2.80. The largest absolute Gasteiger partial charge is 0.462 e. The van der Waals surface area contributed by atoms with Gasteiger partial charge in [-0.25, -0.2) is 0 Å². The average molecular weight is 493 g/mol. The molecule has 0 N–H and O–H groups in total. The first-order chi connectivity index (χ1) is 17.0. The highest BCUT2D eigenvalue weighted by Crippen LogP contribution is 2.17. The monoisotopic (exact) mass is 492 g/mol. The molecule has 0 aliphatic rings. The smallest absolute Gasteiger partial charge is 0.306 e. The molecule has 0 saturated heterocycles. The minimum atomic E-state index is -0.000491. The van der Waals surface area contributed by atoms with E-state index >= 15 is 0 Å². The second-order valence-corrected chi connectivity index (χ2v) is 11.9. The lowest BCUT2D eigenvalue weighted by molar-refractivity contribution is -0.149. The second kappa shape index (κ2) is 26.3. The van der Waals surface area contributed by atoms with Gasteiger partial charge in [0.15, 0.2) is 0 Å². The maximum absolute atomic E-state index is 12.3. The van der Waals surface area contributed by atoms with Gasteiger partial charge in [0.05, 0.1) is 0 Å². The minimum Gasteiger partial charge on any atom is -0.462 e. The Hall–Kier alpha value is -0.790. The van der Waals surface area contributed by atoms with Crippen molar-refractivity contribution < 1.29 is 9.53 Å². The van der Waals surface area contributed by atoms with E-state index < -0.39 is 0 Å². The van der Waals surface area contributed by atoms with Crippen molar-refractivity contribution in [1.82, 2.24) is 0 Å². The van der Waals surface area contributed by atoms with Crippen LogP contribution in [0.2, 0.25) is 0 Å². The van der Waals surface area contributed by atoms with Gasteiger partial charge in [0.1, 0.15) is 6.10 Å². The van der Waals surface area contributed by atoms with Gasteiger partial charge in [0.2, 0.25) is 0 Å². The van der Waals surface area contributed by atoms with E-state index in [-0.39, 0.29) is 12.1 Å². The molecule has 0 spiro atoms. The molecule has 35 heavy (non-hydrogen) atoms. The van der Waals surface area contributed by atoms with E-state index in [1.165, 1.54) is 109 Å². The van der Waals surface area contributed by atoms with Crippen molar-refractivity contribution in [2.24, 2.45) is 11.8 Å². The van der Waals surface area contributed by atoms with Gasteiger partial charge < -0.3 is 4.74 Å². The van der Waals surface area contributed by atoms with E-state index in [0.717, 1.165) is 43.9 Å². The molecule has 208 valence electrons. The lowest BCUT2D eigenvalue weighted by Gasteiger charge is -2.16. The highest BCUT2D eigenvalue weighted by Gasteiger charge is 2.12. The summed E-state index contributed by atoms with van der Waals surface area (Å²) in [5.74, 6) is 1.70. The molecule has 0 aromatic heterocycles. The third-order valence-corrected chi connectivity index (χ3v) is 7.20. The van der Waals surface area contributed by atoms with Crippen LogP contribution in [0.25, 0.3) is 0 Å². The normalized spacial score (nSPS) is 12.4. The van der Waals surface area contributed by atoms with Crippen molar-refractivity contribution in [3.05, 3.63) is 12.7 Å². The summed E-state index contributed by atoms with van der Waals surface area (Å²) in [4.78, 5) is 12.3. The summed E-state index contributed by atoms with van der Waals surface area (Å²) < 4.78 is 5.78. The van der Waals surface area contributed by atoms with E-state index in [2.05, 4.69) is 34.3 Å². The first-order valence-corrected chi connectivity index (χ1v) is 15.8. The number of ether oxygens (including phenoxy) is 1. The lowest BCUT2D eigenvalue weighted by Crippen LogP contribution is -2.17. The summed E-state index contributed by atoms with van der Waals surface area (Å²) in [6.07, 6.45) is 30.8. The van der Waals surface area contributed by atoms with Crippen LogP contribution in [-0.4, -0.2) is 12.1 Å². The summed E-state index contributed by atoms with van der Waals surface area (Å²) >= 11 is 0. The van der Waals surface area contributed by atoms with Crippen molar-refractivity contribution in [1.29, 1.82) is 0 Å². The maximum atomic E-state index is 12.3. The van der Waals surface area contributed by atoms with Crippen LogP contribution < -0.4 is 0 Å². The zero-order chi connectivity index (χ0) is 26.0. The first-order valence-electron chi connectivity index (χ1n) is 15.8. The lowest BCUT2D eigenvalue weighted by atomic mass is 10.0. The highest BCUT2D eigenvalue weighted by atomic mass is 16.5. The Morgan fingerprint density at radius 3 is 1.29 bits per heavy atom. The van der Waals surface area contributed by atoms with Gasteiger partial charge in [-0.1, -0.05) is 149 Å². The van der Waals surface area contributed by atoms with Crippen LogP contribution in [-0.2, 0) is 9.53 Å². The van der Waals surface area contributed by atoms with Gasteiger partial charge in [-0.2, -0.15) is 0 Å². The third-order valence-electron chi connectivity index (χ3n) is 7.20. The van der Waals surface area contributed by atoms with Gasteiger partial charge in [0.25, 0.3) is 0 Å². The van der Waals surface area contributed by atoms with E-state index in [0.29, 0.717) is 6.42 Å². The Kier molecular flexibility index (Phi) is 25.7. The summed E-state index contributed by atoms with van der Waals surface area (Å²) in [6.45, 7) is 13.1. The van der Waals surface area contributed by atoms with E-state index in [1.807, 2.05) is 6.08 Å². The fourth-order valence-corrected chi connectivity index (χ4v) is 4.88. The second-order valence-electron chi connectivity index (χ2n) is 11.9. The highest BCUT2D eigenvalue weighted by molar-refractivity contribution is 5.69. The maximum Gasteiger partial charge on any atom is 0.306 e. The Bertz CT molecular complexity index is 454. The molecule has 0 heterocycles. The standard InChI is InChI=1S/C33H64O2/c1-6-25-32(28-23-19-15-11-7-9-13-17-21-26-30(2)3)35-33(34)29-24-20-16-12-8-10-14-18-22-27-31(4)5/h6,30-32H,1,7-29H2,2-5H3/t32-/m0/s1. The van der Waals surface area contributed by atoms with E-state index in [9.17, 15) is 4.79 Å². The molecular formula is C33H64O2. The van der Waals surface area contributed by atoms with Gasteiger partial charge in [-0.15, -0.1) is 6.58 Å². The minimum absolute atomic E-state index is 0.000491. The van der Waals surface area contributed by atoms with Gasteiger partial charge in [0, 0.05) is 12.8 Å². The molecule has 2 nitrogen and oxygen atoms in total. The van der Waals surface area contributed by atoms with Crippen LogP contribution in [0.1, 0.15) is 175 Å². The van der Waals surface area contributed by atoms with Crippen LogP contribution in [0.15, 0.2) is 12.7 Å². The molecule has 0 unspecified atom stereocenters. The van der Waals surface area contributed by atoms with Gasteiger partial charge in [-0.05, 0) is 31.1 Å². The Balaban J connectivity index is 3.58. The number of rotatable bonds is 27. The molecular weight excluding hydrogens is 428 g/mol. The molecule has 0 bridgehead atoms. The van der Waals surface area contributed by atoms with Crippen LogP contribution >= 0.6 is 0 Å². The summed E-state index contributed by atoms with van der Waals surface area (Å²) in [5.41, 5.74) is 0. The molecule has 0 aromatic rings. The number of hydrogen-bond donors (Lipinski definition) is 0. The SMILES string of the molecule is C=CC[C@@H](CCCCCCCCCCCC(C)C)OC(=O)CCCCCCCCCCCC(C)C. The fraction of sp³-hybridized carbons (Fsp3) is 0.909. The molecule has 0 radical (unpaired) electrons. The molecule has 0 aliphatic heterocycles. The molecule has 0 aromatic carbocycles.